The van der Waals surface area contributed by atoms with Gasteiger partial charge in [-0.15, -0.1) is 0 Å². The van der Waals surface area contributed by atoms with Crippen molar-refractivity contribution in [3.05, 3.63) is 78.6 Å². The number of nitrogens with two attached hydrogens (primary N) is 1. The van der Waals surface area contributed by atoms with Crippen molar-refractivity contribution in [3.8, 4) is 11.6 Å². The third-order valence-corrected chi connectivity index (χ3v) is 4.46. The van der Waals surface area contributed by atoms with Crippen molar-refractivity contribution in [2.75, 3.05) is 17.7 Å². The molecule has 0 amide bonds. The number of aromatic nitrogens is 2. The van der Waals surface area contributed by atoms with E-state index in [-0.39, 0.29) is 17.5 Å². The maximum absolute atomic E-state index is 11.8. The third-order valence-electron chi connectivity index (χ3n) is 4.46. The summed E-state index contributed by atoms with van der Waals surface area (Å²) in [5, 5.41) is 5.14. The number of esters is 1. The number of anilines is 3. The number of carbonyl (C=O) groups is 1. The number of nitrogens with zero attached hydrogens (tertiary/aromatic N) is 2. The molecule has 0 aliphatic heterocycles. The predicted molar refractivity (Wildman–Crippen MR) is 116 cm³/mol. The molecule has 3 aromatic carbocycles. The normalized spacial score (nSPS) is 10.6. The Morgan fingerprint density at radius 2 is 1.77 bits per heavy atom. The van der Waals surface area contributed by atoms with Gasteiger partial charge in [-0.1, -0.05) is 36.4 Å². The van der Waals surface area contributed by atoms with Gasteiger partial charge in [-0.2, -0.15) is 4.98 Å². The first kappa shape index (κ1) is 19.2. The van der Waals surface area contributed by atoms with Gasteiger partial charge in [0.15, 0.2) is 5.82 Å². The van der Waals surface area contributed by atoms with Gasteiger partial charge in [0.2, 0.25) is 5.88 Å². The van der Waals surface area contributed by atoms with E-state index >= 15 is 0 Å². The average Bonchev–Trinajstić information content (AvgIpc) is 2.77. The van der Waals surface area contributed by atoms with E-state index in [9.17, 15) is 4.79 Å². The summed E-state index contributed by atoms with van der Waals surface area (Å²) in [5.74, 6) is 0.954. The van der Waals surface area contributed by atoms with Gasteiger partial charge in [-0.25, -0.2) is 9.78 Å². The Labute approximate surface area is 173 Å². The second-order valence-corrected chi connectivity index (χ2v) is 6.44. The molecule has 30 heavy (non-hydrogen) atoms. The van der Waals surface area contributed by atoms with Crippen molar-refractivity contribution in [2.24, 2.45) is 0 Å². The number of hydrogen-bond acceptors (Lipinski definition) is 7. The first-order valence-electron chi connectivity index (χ1n) is 9.46. The van der Waals surface area contributed by atoms with Gasteiger partial charge in [-0.05, 0) is 42.6 Å². The summed E-state index contributed by atoms with van der Waals surface area (Å²) >= 11 is 0. The second kappa shape index (κ2) is 8.48. The second-order valence-electron chi connectivity index (χ2n) is 6.44. The summed E-state index contributed by atoms with van der Waals surface area (Å²) in [5.41, 5.74) is 7.71. The fraction of sp³-hybridized carbons (Fsp3) is 0.0870. The van der Waals surface area contributed by atoms with Gasteiger partial charge >= 0.3 is 5.97 Å². The van der Waals surface area contributed by atoms with Gasteiger partial charge in [0.25, 0.3) is 0 Å². The van der Waals surface area contributed by atoms with Crippen molar-refractivity contribution in [2.45, 2.75) is 6.92 Å². The molecule has 7 heteroatoms. The standard InChI is InChI=1S/C23H20N4O3/c1-2-29-23(28)16-10-12-17(13-11-16)27-21-20(24)22(26-14-25-21)30-19-9-5-7-15-6-3-4-8-18(15)19/h3-14H,2,24H2,1H3,(H,25,26,27). The lowest BCUT2D eigenvalue weighted by Crippen LogP contribution is -2.05. The van der Waals surface area contributed by atoms with E-state index < -0.39 is 0 Å². The molecule has 0 bridgehead atoms. The van der Waals surface area contributed by atoms with Crippen LogP contribution in [0.3, 0.4) is 0 Å². The highest BCUT2D eigenvalue weighted by Gasteiger charge is 2.13. The molecular formula is C23H20N4O3. The minimum atomic E-state index is -0.364. The number of fused-ring (bicyclic) bond motifs is 1. The topological polar surface area (TPSA) is 99.4 Å². The fourth-order valence-corrected chi connectivity index (χ4v) is 2.99. The highest BCUT2D eigenvalue weighted by Crippen LogP contribution is 2.34. The van der Waals surface area contributed by atoms with Crippen LogP contribution in [-0.2, 0) is 4.74 Å². The zero-order valence-corrected chi connectivity index (χ0v) is 16.3. The summed E-state index contributed by atoms with van der Waals surface area (Å²) < 4.78 is 11.0. The Morgan fingerprint density at radius 1 is 1.00 bits per heavy atom. The zero-order chi connectivity index (χ0) is 20.9. The molecule has 1 aromatic heterocycles. The number of ether oxygens (including phenoxy) is 2. The number of hydrogen-bond donors (Lipinski definition) is 2. The molecule has 150 valence electrons. The number of carbonyl (C=O) groups excluding carboxylic acids is 1. The summed E-state index contributed by atoms with van der Waals surface area (Å²) in [6.45, 7) is 2.10. The van der Waals surface area contributed by atoms with Crippen molar-refractivity contribution < 1.29 is 14.3 Å². The minimum absolute atomic E-state index is 0.256. The number of rotatable bonds is 6. The van der Waals surface area contributed by atoms with Crippen molar-refractivity contribution in [1.29, 1.82) is 0 Å². The van der Waals surface area contributed by atoms with E-state index in [2.05, 4.69) is 15.3 Å². The van der Waals surface area contributed by atoms with Gasteiger partial charge in [0, 0.05) is 11.1 Å². The quantitative estimate of drug-likeness (QED) is 0.443. The van der Waals surface area contributed by atoms with E-state index in [1.54, 1.807) is 31.2 Å². The van der Waals surface area contributed by atoms with Crippen molar-refractivity contribution in [3.63, 3.8) is 0 Å². The molecule has 7 nitrogen and oxygen atoms in total. The fourth-order valence-electron chi connectivity index (χ4n) is 2.99. The molecule has 0 fully saturated rings. The molecule has 4 rings (SSSR count). The summed E-state index contributed by atoms with van der Waals surface area (Å²) in [6.07, 6.45) is 1.38. The van der Waals surface area contributed by atoms with Crippen LogP contribution in [0.15, 0.2) is 73.1 Å². The molecule has 0 atom stereocenters. The van der Waals surface area contributed by atoms with Crippen LogP contribution in [0, 0.1) is 0 Å². The van der Waals surface area contributed by atoms with E-state index in [1.165, 1.54) is 6.33 Å². The molecule has 0 unspecified atom stereocenters. The summed E-state index contributed by atoms with van der Waals surface area (Å²) in [4.78, 5) is 20.2. The van der Waals surface area contributed by atoms with Crippen LogP contribution in [0.5, 0.6) is 11.6 Å². The van der Waals surface area contributed by atoms with Crippen LogP contribution in [0.4, 0.5) is 17.2 Å². The number of nitrogen functional groups attached to an aromatic ring is 1. The molecular weight excluding hydrogens is 380 g/mol. The molecule has 0 saturated carbocycles. The monoisotopic (exact) mass is 400 g/mol. The molecule has 0 saturated heterocycles. The zero-order valence-electron chi connectivity index (χ0n) is 16.3. The Hall–Kier alpha value is -4.13. The van der Waals surface area contributed by atoms with Crippen LogP contribution in [-0.4, -0.2) is 22.5 Å². The highest BCUT2D eigenvalue weighted by molar-refractivity contribution is 5.90. The van der Waals surface area contributed by atoms with Crippen LogP contribution >= 0.6 is 0 Å². The maximum Gasteiger partial charge on any atom is 0.338 e. The van der Waals surface area contributed by atoms with Crippen LogP contribution in [0.1, 0.15) is 17.3 Å². The maximum atomic E-state index is 11.8. The Balaban J connectivity index is 1.57. The smallest absolute Gasteiger partial charge is 0.338 e. The van der Waals surface area contributed by atoms with Crippen LogP contribution in [0.25, 0.3) is 10.8 Å². The molecule has 0 spiro atoms. The van der Waals surface area contributed by atoms with E-state index in [1.807, 2.05) is 42.5 Å². The first-order valence-corrected chi connectivity index (χ1v) is 9.46. The van der Waals surface area contributed by atoms with Crippen LogP contribution < -0.4 is 15.8 Å². The summed E-state index contributed by atoms with van der Waals surface area (Å²) in [7, 11) is 0. The Kier molecular flexibility index (Phi) is 5.43. The Morgan fingerprint density at radius 3 is 2.57 bits per heavy atom. The highest BCUT2D eigenvalue weighted by atomic mass is 16.5. The van der Waals surface area contributed by atoms with E-state index in [0.29, 0.717) is 29.4 Å². The average molecular weight is 400 g/mol. The SMILES string of the molecule is CCOC(=O)c1ccc(Nc2ncnc(Oc3cccc4ccccc34)c2N)cc1. The number of benzene rings is 3. The Bertz CT molecular complexity index is 1190. The minimum Gasteiger partial charge on any atom is -0.462 e. The lowest BCUT2D eigenvalue weighted by Gasteiger charge is -2.13. The number of nitrogens with one attached hydrogen (secondary N) is 1. The van der Waals surface area contributed by atoms with Gasteiger partial charge in [0.05, 0.1) is 12.2 Å². The largest absolute Gasteiger partial charge is 0.462 e. The lowest BCUT2D eigenvalue weighted by atomic mass is 10.1. The van der Waals surface area contributed by atoms with E-state index in [0.717, 1.165) is 10.8 Å². The predicted octanol–water partition coefficient (Wildman–Crippen LogP) is 4.92. The molecule has 4 aromatic rings. The third kappa shape index (κ3) is 4.00. The molecule has 1 heterocycles. The van der Waals surface area contributed by atoms with Crippen molar-refractivity contribution in [1.82, 2.24) is 9.97 Å². The first-order chi connectivity index (χ1) is 14.7. The van der Waals surface area contributed by atoms with Gasteiger partial charge in [-0.3, -0.25) is 0 Å². The van der Waals surface area contributed by atoms with E-state index in [4.69, 9.17) is 15.2 Å². The summed E-state index contributed by atoms with van der Waals surface area (Å²) in [6, 6.07) is 20.5. The molecule has 0 aliphatic rings. The lowest BCUT2D eigenvalue weighted by molar-refractivity contribution is 0.0526. The van der Waals surface area contributed by atoms with Crippen LogP contribution in [0.2, 0.25) is 0 Å². The molecule has 0 aliphatic carbocycles. The van der Waals surface area contributed by atoms with Crippen molar-refractivity contribution >= 4 is 33.9 Å². The van der Waals surface area contributed by atoms with Gasteiger partial charge in [0.1, 0.15) is 17.8 Å². The molecule has 0 radical (unpaired) electrons. The van der Waals surface area contributed by atoms with Gasteiger partial charge < -0.3 is 20.5 Å². The molecule has 3 N–H and O–H groups in total.